The molecule has 2 N–H and O–H groups in total. The summed E-state index contributed by atoms with van der Waals surface area (Å²) in [5.74, 6) is 1.17. The van der Waals surface area contributed by atoms with Crippen LogP contribution in [-0.4, -0.2) is 10.2 Å². The Labute approximate surface area is 132 Å². The monoisotopic (exact) mass is 296 g/mol. The molecule has 0 radical (unpaired) electrons. The fourth-order valence-corrected chi connectivity index (χ4v) is 2.82. The van der Waals surface area contributed by atoms with E-state index in [0.29, 0.717) is 17.4 Å². The van der Waals surface area contributed by atoms with Gasteiger partial charge < -0.3 is 10.2 Å². The number of benzene rings is 2. The molecule has 1 aliphatic carbocycles. The van der Waals surface area contributed by atoms with Crippen LogP contribution in [0.2, 0.25) is 0 Å². The molecule has 0 aliphatic heterocycles. The molecular weight excluding hydrogens is 272 g/mol. The standard InChI is InChI=1S/C18H18O2.C2H6/c19-17-9-5-15(6-10-17)13-1-2-14(4-3-13)16-7-11-18(20)12-8-16;1-2/h1,5-12,14,19-20H,2-4H2;1-2H3. The SMILES string of the molecule is CC.Oc1ccc(C2=CCC(c3ccc(O)cc3)CC2)cc1. The lowest BCUT2D eigenvalue weighted by atomic mass is 9.83. The Bertz CT molecular complexity index is 609. The molecule has 2 nitrogen and oxygen atoms in total. The number of allylic oxidation sites excluding steroid dienone is 2. The molecule has 0 bridgehead atoms. The highest BCUT2D eigenvalue weighted by Crippen LogP contribution is 2.36. The first-order chi connectivity index (χ1) is 10.7. The van der Waals surface area contributed by atoms with Gasteiger partial charge in [0.05, 0.1) is 0 Å². The maximum atomic E-state index is 9.34. The van der Waals surface area contributed by atoms with Gasteiger partial charge in [0.25, 0.3) is 0 Å². The molecule has 0 heterocycles. The van der Waals surface area contributed by atoms with Crippen LogP contribution < -0.4 is 0 Å². The van der Waals surface area contributed by atoms with Gasteiger partial charge >= 0.3 is 0 Å². The van der Waals surface area contributed by atoms with Crippen molar-refractivity contribution in [3.8, 4) is 11.5 Å². The van der Waals surface area contributed by atoms with Crippen molar-refractivity contribution in [3.63, 3.8) is 0 Å². The Balaban J connectivity index is 0.000000847. The zero-order chi connectivity index (χ0) is 15.9. The van der Waals surface area contributed by atoms with Crippen molar-refractivity contribution >= 4 is 5.57 Å². The first-order valence-corrected chi connectivity index (χ1v) is 8.00. The summed E-state index contributed by atoms with van der Waals surface area (Å²) in [4.78, 5) is 0. The van der Waals surface area contributed by atoms with Gasteiger partial charge in [0.15, 0.2) is 0 Å². The number of phenols is 2. The summed E-state index contributed by atoms with van der Waals surface area (Å²) in [5.41, 5.74) is 3.86. The predicted octanol–water partition coefficient (Wildman–Crippen LogP) is 5.48. The van der Waals surface area contributed by atoms with Gasteiger partial charge in [-0.15, -0.1) is 0 Å². The second-order valence-corrected chi connectivity index (χ2v) is 5.34. The minimum Gasteiger partial charge on any atom is -0.508 e. The first kappa shape index (κ1) is 16.2. The minimum absolute atomic E-state index is 0.312. The van der Waals surface area contributed by atoms with Crippen LogP contribution in [0.3, 0.4) is 0 Å². The fraction of sp³-hybridized carbons (Fsp3) is 0.300. The van der Waals surface area contributed by atoms with Crippen LogP contribution in [0.4, 0.5) is 0 Å². The van der Waals surface area contributed by atoms with E-state index in [1.54, 1.807) is 24.3 Å². The van der Waals surface area contributed by atoms with Crippen molar-refractivity contribution in [3.05, 3.63) is 65.7 Å². The van der Waals surface area contributed by atoms with Gasteiger partial charge in [0.2, 0.25) is 0 Å². The molecule has 116 valence electrons. The van der Waals surface area contributed by atoms with E-state index in [1.807, 2.05) is 38.1 Å². The topological polar surface area (TPSA) is 40.5 Å². The smallest absolute Gasteiger partial charge is 0.115 e. The average molecular weight is 296 g/mol. The Morgan fingerprint density at radius 3 is 1.86 bits per heavy atom. The lowest BCUT2D eigenvalue weighted by Crippen LogP contribution is -2.03. The Kier molecular flexibility index (Phi) is 5.65. The van der Waals surface area contributed by atoms with Crippen molar-refractivity contribution in [2.45, 2.75) is 39.0 Å². The number of rotatable bonds is 2. The lowest BCUT2D eigenvalue weighted by Gasteiger charge is -2.22. The third-order valence-corrected chi connectivity index (χ3v) is 4.01. The van der Waals surface area contributed by atoms with Gasteiger partial charge in [0.1, 0.15) is 11.5 Å². The van der Waals surface area contributed by atoms with E-state index in [9.17, 15) is 10.2 Å². The van der Waals surface area contributed by atoms with Crippen LogP contribution in [0.5, 0.6) is 11.5 Å². The number of aromatic hydroxyl groups is 2. The normalized spacial score (nSPS) is 17.2. The molecule has 0 spiro atoms. The molecular formula is C20H24O2. The molecule has 3 rings (SSSR count). The van der Waals surface area contributed by atoms with Crippen LogP contribution in [-0.2, 0) is 0 Å². The quantitative estimate of drug-likeness (QED) is 0.771. The predicted molar refractivity (Wildman–Crippen MR) is 92.1 cm³/mol. The third-order valence-electron chi connectivity index (χ3n) is 4.01. The van der Waals surface area contributed by atoms with E-state index >= 15 is 0 Å². The molecule has 2 heteroatoms. The van der Waals surface area contributed by atoms with Crippen LogP contribution >= 0.6 is 0 Å². The first-order valence-electron chi connectivity index (χ1n) is 8.00. The summed E-state index contributed by atoms with van der Waals surface area (Å²) in [6, 6.07) is 15.0. The largest absolute Gasteiger partial charge is 0.508 e. The summed E-state index contributed by atoms with van der Waals surface area (Å²) >= 11 is 0. The van der Waals surface area contributed by atoms with Crippen molar-refractivity contribution in [1.82, 2.24) is 0 Å². The van der Waals surface area contributed by atoms with E-state index in [4.69, 9.17) is 0 Å². The average Bonchev–Trinajstić information content (AvgIpc) is 2.58. The summed E-state index contributed by atoms with van der Waals surface area (Å²) in [6.07, 6.45) is 5.50. The molecule has 0 saturated heterocycles. The number of hydrogen-bond acceptors (Lipinski definition) is 2. The molecule has 22 heavy (non-hydrogen) atoms. The Morgan fingerprint density at radius 1 is 0.818 bits per heavy atom. The minimum atomic E-state index is 0.312. The molecule has 0 fully saturated rings. The highest BCUT2D eigenvalue weighted by atomic mass is 16.3. The van der Waals surface area contributed by atoms with Crippen LogP contribution in [0.1, 0.15) is 50.2 Å². The zero-order valence-corrected chi connectivity index (χ0v) is 13.3. The molecule has 2 aromatic rings. The van der Waals surface area contributed by atoms with Crippen molar-refractivity contribution < 1.29 is 10.2 Å². The second-order valence-electron chi connectivity index (χ2n) is 5.34. The van der Waals surface area contributed by atoms with E-state index in [2.05, 4.69) is 6.08 Å². The summed E-state index contributed by atoms with van der Waals surface area (Å²) in [7, 11) is 0. The maximum Gasteiger partial charge on any atom is 0.115 e. The lowest BCUT2D eigenvalue weighted by molar-refractivity contribution is 0.474. The van der Waals surface area contributed by atoms with Gasteiger partial charge in [-0.2, -0.15) is 0 Å². The molecule has 0 saturated carbocycles. The highest BCUT2D eigenvalue weighted by molar-refractivity contribution is 5.67. The number of hydrogen-bond donors (Lipinski definition) is 2. The van der Waals surface area contributed by atoms with Crippen LogP contribution in [0.25, 0.3) is 5.57 Å². The van der Waals surface area contributed by atoms with Crippen LogP contribution in [0.15, 0.2) is 54.6 Å². The van der Waals surface area contributed by atoms with Gasteiger partial charge in [0, 0.05) is 0 Å². The molecule has 1 aliphatic rings. The molecule has 1 atom stereocenters. The fourth-order valence-electron chi connectivity index (χ4n) is 2.82. The van der Waals surface area contributed by atoms with Gasteiger partial charge in [-0.3, -0.25) is 0 Å². The maximum absolute atomic E-state index is 9.34. The highest BCUT2D eigenvalue weighted by Gasteiger charge is 2.17. The second kappa shape index (κ2) is 7.69. The van der Waals surface area contributed by atoms with E-state index in [-0.39, 0.29) is 0 Å². The summed E-state index contributed by atoms with van der Waals surface area (Å²) < 4.78 is 0. The van der Waals surface area contributed by atoms with E-state index < -0.39 is 0 Å². The molecule has 2 aromatic carbocycles. The summed E-state index contributed by atoms with van der Waals surface area (Å²) in [6.45, 7) is 4.00. The Morgan fingerprint density at radius 2 is 1.36 bits per heavy atom. The zero-order valence-electron chi connectivity index (χ0n) is 13.3. The molecule has 1 unspecified atom stereocenters. The van der Waals surface area contributed by atoms with Crippen molar-refractivity contribution in [2.24, 2.45) is 0 Å². The third kappa shape index (κ3) is 3.91. The van der Waals surface area contributed by atoms with Crippen molar-refractivity contribution in [1.29, 1.82) is 0 Å². The van der Waals surface area contributed by atoms with Gasteiger partial charge in [-0.05, 0) is 66.1 Å². The molecule has 0 amide bonds. The van der Waals surface area contributed by atoms with E-state index in [0.717, 1.165) is 19.3 Å². The van der Waals surface area contributed by atoms with Crippen LogP contribution in [0, 0.1) is 0 Å². The molecule has 0 aromatic heterocycles. The van der Waals surface area contributed by atoms with Gasteiger partial charge in [-0.25, -0.2) is 0 Å². The number of phenolic OH excluding ortho intramolecular Hbond substituents is 2. The Hall–Kier alpha value is -2.22. The summed E-state index contributed by atoms with van der Waals surface area (Å²) in [5, 5.41) is 18.7. The van der Waals surface area contributed by atoms with Crippen molar-refractivity contribution in [2.75, 3.05) is 0 Å². The van der Waals surface area contributed by atoms with E-state index in [1.165, 1.54) is 16.7 Å². The van der Waals surface area contributed by atoms with Gasteiger partial charge in [-0.1, -0.05) is 44.2 Å².